The third-order valence-electron chi connectivity index (χ3n) is 5.61. The number of amidine groups is 1. The molecule has 0 bridgehead atoms. The fraction of sp³-hybridized carbons (Fsp3) is 0.261. The predicted octanol–water partition coefficient (Wildman–Crippen LogP) is 5.68. The molecule has 0 fully saturated rings. The molecule has 2 atom stereocenters. The number of carboxylic acids is 1. The SMILES string of the molecule is CC(C)C1=C(C(=O)O)SC2=N[C@@](C)(c3ccc(C#N)cc3)[C@@H](c3ccc(Cl)c(F)c3)N21. The molecule has 0 saturated carbocycles. The molecule has 0 aromatic heterocycles. The largest absolute Gasteiger partial charge is 0.477 e. The number of allylic oxidation sites excluding steroid dienone is 1. The van der Waals surface area contributed by atoms with Gasteiger partial charge in [0.2, 0.25) is 0 Å². The fourth-order valence-corrected chi connectivity index (χ4v) is 5.56. The van der Waals surface area contributed by atoms with Crippen molar-refractivity contribution in [3.8, 4) is 6.07 Å². The van der Waals surface area contributed by atoms with Crippen LogP contribution in [0.1, 0.15) is 43.5 Å². The highest BCUT2D eigenvalue weighted by atomic mass is 35.5. The first-order valence-corrected chi connectivity index (χ1v) is 10.9. The van der Waals surface area contributed by atoms with E-state index in [1.807, 2.05) is 37.8 Å². The van der Waals surface area contributed by atoms with Gasteiger partial charge in [0, 0.05) is 5.70 Å². The zero-order chi connectivity index (χ0) is 22.5. The van der Waals surface area contributed by atoms with E-state index >= 15 is 0 Å². The first-order chi connectivity index (χ1) is 14.7. The Morgan fingerprint density at radius 1 is 1.32 bits per heavy atom. The lowest BCUT2D eigenvalue weighted by molar-refractivity contribution is -0.131. The van der Waals surface area contributed by atoms with E-state index in [0.29, 0.717) is 22.0 Å². The number of hydrogen-bond acceptors (Lipinski definition) is 5. The molecule has 0 unspecified atom stereocenters. The summed E-state index contributed by atoms with van der Waals surface area (Å²) in [6.07, 6.45) is 0. The molecule has 0 amide bonds. The van der Waals surface area contributed by atoms with E-state index in [1.54, 1.807) is 18.2 Å². The van der Waals surface area contributed by atoms with Crippen molar-refractivity contribution >= 4 is 34.5 Å². The Bertz CT molecular complexity index is 1190. The van der Waals surface area contributed by atoms with Gasteiger partial charge < -0.3 is 10.0 Å². The third-order valence-corrected chi connectivity index (χ3v) is 6.97. The molecular formula is C23H19ClFN3O2S. The van der Waals surface area contributed by atoms with Crippen LogP contribution in [0.4, 0.5) is 4.39 Å². The zero-order valence-electron chi connectivity index (χ0n) is 17.1. The summed E-state index contributed by atoms with van der Waals surface area (Å²) < 4.78 is 14.5. The second-order valence-electron chi connectivity index (χ2n) is 7.95. The van der Waals surface area contributed by atoms with Crippen LogP contribution in [0.15, 0.2) is 58.1 Å². The molecular weight excluding hydrogens is 437 g/mol. The van der Waals surface area contributed by atoms with Crippen molar-refractivity contribution in [3.63, 3.8) is 0 Å². The van der Waals surface area contributed by atoms with Crippen molar-refractivity contribution in [2.24, 2.45) is 10.9 Å². The lowest BCUT2D eigenvalue weighted by Gasteiger charge is -2.37. The summed E-state index contributed by atoms with van der Waals surface area (Å²) in [7, 11) is 0. The number of aliphatic carboxylic acids is 1. The van der Waals surface area contributed by atoms with Crippen molar-refractivity contribution in [1.29, 1.82) is 5.26 Å². The molecule has 2 heterocycles. The Kier molecular flexibility index (Phi) is 5.32. The minimum absolute atomic E-state index is 0.0182. The maximum absolute atomic E-state index is 14.5. The van der Waals surface area contributed by atoms with Gasteiger partial charge in [-0.25, -0.2) is 14.2 Å². The number of carboxylic acid groups (broad SMARTS) is 1. The summed E-state index contributed by atoms with van der Waals surface area (Å²) in [4.78, 5) is 19.0. The van der Waals surface area contributed by atoms with Crippen molar-refractivity contribution in [2.75, 3.05) is 0 Å². The lowest BCUT2D eigenvalue weighted by Crippen LogP contribution is -2.36. The second kappa shape index (κ2) is 7.70. The Balaban J connectivity index is 1.93. The van der Waals surface area contributed by atoms with Gasteiger partial charge in [0.25, 0.3) is 0 Å². The molecule has 2 aliphatic heterocycles. The molecule has 0 spiro atoms. The molecule has 4 rings (SSSR count). The van der Waals surface area contributed by atoms with Crippen LogP contribution in [0.25, 0.3) is 0 Å². The van der Waals surface area contributed by atoms with Crippen LogP contribution in [-0.4, -0.2) is 21.1 Å². The first kappa shape index (κ1) is 21.4. The van der Waals surface area contributed by atoms with E-state index in [-0.39, 0.29) is 15.8 Å². The smallest absolute Gasteiger partial charge is 0.344 e. The lowest BCUT2D eigenvalue weighted by atomic mass is 9.81. The number of carbonyl (C=O) groups is 1. The van der Waals surface area contributed by atoms with Gasteiger partial charge >= 0.3 is 5.97 Å². The van der Waals surface area contributed by atoms with E-state index in [1.165, 1.54) is 12.1 Å². The molecule has 1 N–H and O–H groups in total. The van der Waals surface area contributed by atoms with Crippen LogP contribution < -0.4 is 0 Å². The van der Waals surface area contributed by atoms with E-state index in [4.69, 9.17) is 21.9 Å². The topological polar surface area (TPSA) is 76.7 Å². The van der Waals surface area contributed by atoms with E-state index in [0.717, 1.165) is 17.3 Å². The quantitative estimate of drug-likeness (QED) is 0.642. The van der Waals surface area contributed by atoms with Crippen LogP contribution in [0.3, 0.4) is 0 Å². The molecule has 158 valence electrons. The third kappa shape index (κ3) is 3.40. The monoisotopic (exact) mass is 455 g/mol. The van der Waals surface area contributed by atoms with Crippen LogP contribution in [-0.2, 0) is 10.3 Å². The van der Waals surface area contributed by atoms with Gasteiger partial charge in [-0.1, -0.05) is 43.6 Å². The van der Waals surface area contributed by atoms with Gasteiger partial charge in [-0.15, -0.1) is 0 Å². The van der Waals surface area contributed by atoms with Crippen molar-refractivity contribution in [2.45, 2.75) is 32.4 Å². The number of thioether (sulfide) groups is 1. The predicted molar refractivity (Wildman–Crippen MR) is 119 cm³/mol. The summed E-state index contributed by atoms with van der Waals surface area (Å²) in [5.41, 5.74) is 1.82. The number of hydrogen-bond donors (Lipinski definition) is 1. The van der Waals surface area contributed by atoms with E-state index < -0.39 is 23.4 Å². The van der Waals surface area contributed by atoms with E-state index in [9.17, 15) is 14.3 Å². The summed E-state index contributed by atoms with van der Waals surface area (Å²) >= 11 is 7.04. The van der Waals surface area contributed by atoms with Gasteiger partial charge in [-0.2, -0.15) is 5.26 Å². The molecule has 0 saturated heterocycles. The number of halogens is 2. The minimum Gasteiger partial charge on any atom is -0.477 e. The maximum atomic E-state index is 14.5. The fourth-order valence-electron chi connectivity index (χ4n) is 4.20. The van der Waals surface area contributed by atoms with Gasteiger partial charge in [0.05, 0.1) is 22.7 Å². The van der Waals surface area contributed by atoms with Gasteiger partial charge in [0.15, 0.2) is 5.17 Å². The highest BCUT2D eigenvalue weighted by molar-refractivity contribution is 8.18. The van der Waals surface area contributed by atoms with E-state index in [2.05, 4.69) is 6.07 Å². The van der Waals surface area contributed by atoms with Gasteiger partial charge in [-0.05, 0) is 60.0 Å². The van der Waals surface area contributed by atoms with Crippen molar-refractivity contribution in [1.82, 2.24) is 4.90 Å². The average molecular weight is 456 g/mol. The van der Waals surface area contributed by atoms with Crippen LogP contribution in [0, 0.1) is 23.1 Å². The van der Waals surface area contributed by atoms with Crippen molar-refractivity contribution in [3.05, 3.63) is 80.6 Å². The first-order valence-electron chi connectivity index (χ1n) is 9.67. The standard InChI is InChI=1S/C23H19ClFN3O2S/c1-12(2)18-19(21(29)30)31-22-27-23(3,15-7-4-13(11-26)5-8-15)20(28(18)22)14-6-9-16(24)17(25)10-14/h4-10,12,20H,1-3H3,(H,29,30)/t20-,23+/m1/s1. The van der Waals surface area contributed by atoms with Crippen LogP contribution in [0.2, 0.25) is 5.02 Å². The number of aliphatic imine (C=N–C) groups is 1. The Morgan fingerprint density at radius 2 is 2.00 bits per heavy atom. The summed E-state index contributed by atoms with van der Waals surface area (Å²) in [6, 6.07) is 13.4. The molecule has 8 heteroatoms. The second-order valence-corrected chi connectivity index (χ2v) is 9.34. The Morgan fingerprint density at radius 3 is 2.55 bits per heavy atom. The molecule has 31 heavy (non-hydrogen) atoms. The number of benzene rings is 2. The molecule has 2 aromatic rings. The maximum Gasteiger partial charge on any atom is 0.344 e. The van der Waals surface area contributed by atoms with Crippen LogP contribution >= 0.6 is 23.4 Å². The average Bonchev–Trinajstić information content (AvgIpc) is 3.23. The molecule has 0 radical (unpaired) electrons. The van der Waals surface area contributed by atoms with Crippen LogP contribution in [0.5, 0.6) is 0 Å². The summed E-state index contributed by atoms with van der Waals surface area (Å²) in [6.45, 7) is 5.80. The minimum atomic E-state index is -1.01. The summed E-state index contributed by atoms with van der Waals surface area (Å²) in [5.74, 6) is -1.64. The Hall–Kier alpha value is -2.82. The number of nitriles is 1. The molecule has 5 nitrogen and oxygen atoms in total. The molecule has 2 aromatic carbocycles. The van der Waals surface area contributed by atoms with Gasteiger partial charge in [0.1, 0.15) is 16.3 Å². The highest BCUT2D eigenvalue weighted by Gasteiger charge is 2.53. The zero-order valence-corrected chi connectivity index (χ0v) is 18.6. The molecule has 0 aliphatic carbocycles. The van der Waals surface area contributed by atoms with Crippen molar-refractivity contribution < 1.29 is 14.3 Å². The molecule has 2 aliphatic rings. The highest BCUT2D eigenvalue weighted by Crippen LogP contribution is 2.56. The Labute approximate surface area is 188 Å². The number of nitrogens with zero attached hydrogens (tertiary/aromatic N) is 3. The number of rotatable bonds is 4. The number of fused-ring (bicyclic) bond motifs is 1. The van der Waals surface area contributed by atoms with Gasteiger partial charge in [-0.3, -0.25) is 0 Å². The normalized spacial score (nSPS) is 22.5. The summed E-state index contributed by atoms with van der Waals surface area (Å²) in [5, 5.41) is 19.5.